The first-order valence-corrected chi connectivity index (χ1v) is 11.2. The van der Waals surface area contributed by atoms with Crippen molar-refractivity contribution in [2.75, 3.05) is 26.7 Å². The molecule has 2 aliphatic heterocycles. The van der Waals surface area contributed by atoms with Crippen LogP contribution in [0.3, 0.4) is 0 Å². The van der Waals surface area contributed by atoms with Crippen molar-refractivity contribution in [3.63, 3.8) is 0 Å². The molecule has 3 atom stereocenters. The Balaban J connectivity index is 1.61. The van der Waals surface area contributed by atoms with Gasteiger partial charge in [-0.25, -0.2) is 4.98 Å². The van der Waals surface area contributed by atoms with Gasteiger partial charge in [-0.05, 0) is 76.7 Å². The van der Waals surface area contributed by atoms with Crippen LogP contribution in [0.2, 0.25) is 0 Å². The molecule has 0 N–H and O–H groups in total. The zero-order chi connectivity index (χ0) is 18.3. The first-order valence-electron chi connectivity index (χ1n) is 10.4. The fourth-order valence-corrected chi connectivity index (χ4v) is 5.90. The van der Waals surface area contributed by atoms with Gasteiger partial charge in [-0.3, -0.25) is 4.90 Å². The van der Waals surface area contributed by atoms with Crippen LogP contribution >= 0.6 is 11.3 Å². The Morgan fingerprint density at radius 3 is 2.77 bits per heavy atom. The Morgan fingerprint density at radius 2 is 2.00 bits per heavy atom. The lowest BCUT2D eigenvalue weighted by Gasteiger charge is -2.41. The minimum atomic E-state index is 0.557. The van der Waals surface area contributed by atoms with Gasteiger partial charge in [-0.1, -0.05) is 13.0 Å². The topological polar surface area (TPSA) is 19.4 Å². The summed E-state index contributed by atoms with van der Waals surface area (Å²) in [6.45, 7) is 10.7. The number of hydrogen-bond donors (Lipinski definition) is 0. The van der Waals surface area contributed by atoms with Crippen molar-refractivity contribution in [3.05, 3.63) is 28.8 Å². The van der Waals surface area contributed by atoms with Crippen molar-refractivity contribution in [1.82, 2.24) is 14.8 Å². The molecule has 0 aliphatic carbocycles. The van der Waals surface area contributed by atoms with E-state index in [-0.39, 0.29) is 0 Å². The normalized spacial score (nSPS) is 28.9. The number of likely N-dealkylation sites (tertiary alicyclic amines) is 2. The third-order valence-corrected chi connectivity index (χ3v) is 7.50. The van der Waals surface area contributed by atoms with Gasteiger partial charge >= 0.3 is 0 Å². The molecule has 0 unspecified atom stereocenters. The number of thiazole rings is 1. The van der Waals surface area contributed by atoms with Crippen molar-refractivity contribution >= 4 is 21.6 Å². The van der Waals surface area contributed by atoms with Crippen molar-refractivity contribution < 1.29 is 0 Å². The molecule has 2 aromatic rings. The second kappa shape index (κ2) is 7.57. The van der Waals surface area contributed by atoms with E-state index in [1.54, 1.807) is 0 Å². The van der Waals surface area contributed by atoms with Crippen LogP contribution in [-0.4, -0.2) is 47.5 Å². The lowest BCUT2D eigenvalue weighted by molar-refractivity contribution is 0.0819. The number of benzene rings is 1. The summed E-state index contributed by atoms with van der Waals surface area (Å²) in [6, 6.07) is 8.24. The first-order chi connectivity index (χ1) is 12.5. The summed E-state index contributed by atoms with van der Waals surface area (Å²) < 4.78 is 1.36. The zero-order valence-corrected chi connectivity index (χ0v) is 17.6. The van der Waals surface area contributed by atoms with Crippen LogP contribution in [-0.2, 0) is 0 Å². The average molecular weight is 372 g/mol. The molecule has 0 radical (unpaired) electrons. The van der Waals surface area contributed by atoms with Crippen LogP contribution in [0.25, 0.3) is 10.2 Å². The second-order valence-electron chi connectivity index (χ2n) is 8.87. The van der Waals surface area contributed by atoms with E-state index in [1.165, 1.54) is 59.6 Å². The minimum absolute atomic E-state index is 0.557. The van der Waals surface area contributed by atoms with Gasteiger partial charge in [0, 0.05) is 31.1 Å². The van der Waals surface area contributed by atoms with Crippen LogP contribution < -0.4 is 0 Å². The fourth-order valence-electron chi connectivity index (χ4n) is 4.83. The minimum Gasteiger partial charge on any atom is -0.306 e. The van der Waals surface area contributed by atoms with E-state index < -0.39 is 0 Å². The van der Waals surface area contributed by atoms with E-state index in [0.717, 1.165) is 12.5 Å². The molecule has 0 saturated carbocycles. The van der Waals surface area contributed by atoms with Crippen LogP contribution in [0.1, 0.15) is 69.0 Å². The number of fused-ring (bicyclic) bond motifs is 1. The van der Waals surface area contributed by atoms with Crippen molar-refractivity contribution in [2.45, 2.75) is 64.5 Å². The van der Waals surface area contributed by atoms with E-state index in [4.69, 9.17) is 4.98 Å². The average Bonchev–Trinajstić information content (AvgIpc) is 3.05. The van der Waals surface area contributed by atoms with Gasteiger partial charge in [0.1, 0.15) is 0 Å². The number of nitrogens with zero attached hydrogens (tertiary/aromatic N) is 3. The van der Waals surface area contributed by atoms with E-state index in [9.17, 15) is 0 Å². The molecule has 0 bridgehead atoms. The molecule has 142 valence electrons. The summed E-state index contributed by atoms with van der Waals surface area (Å²) in [4.78, 5) is 10.2. The van der Waals surface area contributed by atoms with Crippen molar-refractivity contribution in [3.8, 4) is 0 Å². The molecule has 26 heavy (non-hydrogen) atoms. The highest BCUT2D eigenvalue weighted by molar-refractivity contribution is 7.18. The van der Waals surface area contributed by atoms with Gasteiger partial charge < -0.3 is 4.90 Å². The van der Waals surface area contributed by atoms with Crippen LogP contribution in [0.5, 0.6) is 0 Å². The molecule has 2 fully saturated rings. The van der Waals surface area contributed by atoms with E-state index in [1.807, 2.05) is 11.3 Å². The molecule has 1 aromatic carbocycles. The molecule has 4 heteroatoms. The van der Waals surface area contributed by atoms with Crippen molar-refractivity contribution in [1.29, 1.82) is 0 Å². The molecule has 3 nitrogen and oxygen atoms in total. The Kier molecular flexibility index (Phi) is 5.36. The largest absolute Gasteiger partial charge is 0.306 e. The molecule has 4 rings (SSSR count). The van der Waals surface area contributed by atoms with E-state index in [0.29, 0.717) is 18.0 Å². The van der Waals surface area contributed by atoms with E-state index in [2.05, 4.69) is 55.8 Å². The fraction of sp³-hybridized carbons (Fsp3) is 0.682. The molecule has 0 amide bonds. The van der Waals surface area contributed by atoms with Crippen LogP contribution in [0, 0.1) is 5.92 Å². The Hall–Kier alpha value is -0.970. The number of piperidine rings is 2. The lowest BCUT2D eigenvalue weighted by atomic mass is 9.89. The van der Waals surface area contributed by atoms with Gasteiger partial charge in [0.2, 0.25) is 0 Å². The van der Waals surface area contributed by atoms with Crippen LogP contribution in [0.15, 0.2) is 18.2 Å². The second-order valence-corrected chi connectivity index (χ2v) is 9.93. The lowest BCUT2D eigenvalue weighted by Crippen LogP contribution is -2.41. The number of likely N-dealkylation sites (N-methyl/N-ethyl adjacent to an activating group) is 1. The number of aromatic nitrogens is 1. The third-order valence-electron chi connectivity index (χ3n) is 6.31. The van der Waals surface area contributed by atoms with Gasteiger partial charge in [0.25, 0.3) is 0 Å². The highest BCUT2D eigenvalue weighted by atomic mass is 32.1. The molecule has 0 spiro atoms. The van der Waals surface area contributed by atoms with Crippen LogP contribution in [0.4, 0.5) is 0 Å². The van der Waals surface area contributed by atoms with Gasteiger partial charge in [-0.15, -0.1) is 11.3 Å². The summed E-state index contributed by atoms with van der Waals surface area (Å²) >= 11 is 1.92. The number of rotatable bonds is 3. The van der Waals surface area contributed by atoms with Gasteiger partial charge in [-0.2, -0.15) is 0 Å². The Bertz CT molecular complexity index is 753. The highest BCUT2D eigenvalue weighted by Gasteiger charge is 2.29. The van der Waals surface area contributed by atoms with Crippen molar-refractivity contribution in [2.24, 2.45) is 5.92 Å². The molecule has 1 aromatic heterocycles. The smallest absolute Gasteiger partial charge is 0.0982 e. The summed E-state index contributed by atoms with van der Waals surface area (Å²) in [7, 11) is 2.24. The third kappa shape index (κ3) is 3.69. The molecular formula is C22H33N3S. The van der Waals surface area contributed by atoms with Gasteiger partial charge in [0.05, 0.1) is 15.2 Å². The van der Waals surface area contributed by atoms with E-state index >= 15 is 0 Å². The number of hydrogen-bond acceptors (Lipinski definition) is 4. The predicted molar refractivity (Wildman–Crippen MR) is 112 cm³/mol. The Labute approximate surface area is 162 Å². The quantitative estimate of drug-likeness (QED) is 0.731. The predicted octanol–water partition coefficient (Wildman–Crippen LogP) is 5.29. The SMILES string of the molecule is CC(C)N1C[C@@H](C)CC[C@@H]1c1ccc2sc([C@@H]3CCCN(C)C3)nc2c1. The molecule has 3 heterocycles. The molecular weight excluding hydrogens is 338 g/mol. The molecule has 2 aliphatic rings. The standard InChI is InChI=1S/C22H33N3S/c1-15(2)25-13-16(3)7-9-20(25)17-8-10-21-19(12-17)23-22(26-21)18-6-5-11-24(4)14-18/h8,10,12,15-16,18,20H,5-7,9,11,13-14H2,1-4H3/t16-,18+,20+/m0/s1. The first kappa shape index (κ1) is 18.4. The molecule has 2 saturated heterocycles. The maximum Gasteiger partial charge on any atom is 0.0982 e. The Morgan fingerprint density at radius 1 is 1.15 bits per heavy atom. The van der Waals surface area contributed by atoms with Gasteiger partial charge in [0.15, 0.2) is 0 Å². The summed E-state index contributed by atoms with van der Waals surface area (Å²) in [5, 5.41) is 1.35. The maximum absolute atomic E-state index is 5.08. The zero-order valence-electron chi connectivity index (χ0n) is 16.7. The monoisotopic (exact) mass is 371 g/mol. The summed E-state index contributed by atoms with van der Waals surface area (Å²) in [5.74, 6) is 1.43. The summed E-state index contributed by atoms with van der Waals surface area (Å²) in [6.07, 6.45) is 5.20. The summed E-state index contributed by atoms with van der Waals surface area (Å²) in [5.41, 5.74) is 2.69. The highest BCUT2D eigenvalue weighted by Crippen LogP contribution is 2.38. The maximum atomic E-state index is 5.08.